The molecule has 4 unspecified atom stereocenters. The van der Waals surface area contributed by atoms with E-state index in [1.807, 2.05) is 19.1 Å². The average Bonchev–Trinajstić information content (AvgIpc) is 3.14. The van der Waals surface area contributed by atoms with Crippen molar-refractivity contribution in [3.8, 4) is 0 Å². The number of aliphatic hydroxyl groups excluding tert-OH is 1. The van der Waals surface area contributed by atoms with Gasteiger partial charge in [-0.2, -0.15) is 4.39 Å². The van der Waals surface area contributed by atoms with Crippen molar-refractivity contribution >= 4 is 13.8 Å². The number of nitrogens with one attached hydrogen (secondary N) is 2. The molecule has 1 saturated heterocycles. The SMILES string of the molecule is Cc1ccccc1COP(=O)(NC(=O)OC(C)C)OCC1OC(n2cc(F)c(=O)[nH]c2=O)CC1O. The lowest BCUT2D eigenvalue weighted by Crippen LogP contribution is -2.34. The topological polar surface area (TPSA) is 158 Å². The maximum atomic E-state index is 13.6. The van der Waals surface area contributed by atoms with Crippen molar-refractivity contribution in [1.82, 2.24) is 14.6 Å². The van der Waals surface area contributed by atoms with Gasteiger partial charge < -0.3 is 14.6 Å². The van der Waals surface area contributed by atoms with Gasteiger partial charge in [0, 0.05) is 6.42 Å². The minimum absolute atomic E-state index is 0.142. The van der Waals surface area contributed by atoms with Crippen molar-refractivity contribution in [3.05, 3.63) is 68.2 Å². The first-order valence-electron chi connectivity index (χ1n) is 10.7. The fraction of sp³-hybridized carbons (Fsp3) is 0.476. The van der Waals surface area contributed by atoms with E-state index in [0.717, 1.165) is 10.1 Å². The molecule has 0 aliphatic carbocycles. The molecule has 12 nitrogen and oxygen atoms in total. The van der Waals surface area contributed by atoms with E-state index in [1.165, 1.54) is 0 Å². The first-order valence-corrected chi connectivity index (χ1v) is 12.3. The molecule has 1 aromatic carbocycles. The van der Waals surface area contributed by atoms with Gasteiger partial charge in [0.15, 0.2) is 0 Å². The van der Waals surface area contributed by atoms with Crippen LogP contribution in [-0.4, -0.2) is 45.7 Å². The summed E-state index contributed by atoms with van der Waals surface area (Å²) >= 11 is 0. The molecular weight excluding hydrogens is 488 g/mol. The number of hydrogen-bond donors (Lipinski definition) is 3. The first kappa shape index (κ1) is 26.8. The van der Waals surface area contributed by atoms with Crippen LogP contribution in [0.4, 0.5) is 9.18 Å². The second-order valence-corrected chi connectivity index (χ2v) is 9.87. The second-order valence-electron chi connectivity index (χ2n) is 8.13. The van der Waals surface area contributed by atoms with Crippen molar-refractivity contribution in [2.75, 3.05) is 6.61 Å². The molecule has 35 heavy (non-hydrogen) atoms. The lowest BCUT2D eigenvalue weighted by atomic mass is 10.1. The molecule has 3 rings (SSSR count). The third-order valence-corrected chi connectivity index (χ3v) is 6.48. The predicted octanol–water partition coefficient (Wildman–Crippen LogP) is 2.11. The highest BCUT2D eigenvalue weighted by molar-refractivity contribution is 7.52. The maximum absolute atomic E-state index is 13.6. The van der Waals surface area contributed by atoms with E-state index in [0.29, 0.717) is 11.8 Å². The number of hydrogen-bond acceptors (Lipinski definition) is 9. The Labute approximate surface area is 199 Å². The molecule has 0 spiro atoms. The number of amides is 1. The lowest BCUT2D eigenvalue weighted by Gasteiger charge is -2.22. The molecule has 1 amide bonds. The quantitative estimate of drug-likeness (QED) is 0.425. The van der Waals surface area contributed by atoms with Crippen LogP contribution in [0.5, 0.6) is 0 Å². The summed E-state index contributed by atoms with van der Waals surface area (Å²) in [5, 5.41) is 12.4. The number of aliphatic hydroxyl groups is 1. The van der Waals surface area contributed by atoms with Crippen molar-refractivity contribution in [2.24, 2.45) is 0 Å². The Kier molecular flexibility index (Phi) is 8.62. The van der Waals surface area contributed by atoms with Crippen molar-refractivity contribution < 1.29 is 37.4 Å². The summed E-state index contributed by atoms with van der Waals surface area (Å²) < 4.78 is 49.0. The Morgan fingerprint density at radius 3 is 2.74 bits per heavy atom. The number of carbonyl (C=O) groups excluding carboxylic acids is 1. The van der Waals surface area contributed by atoms with Gasteiger partial charge >= 0.3 is 19.5 Å². The predicted molar refractivity (Wildman–Crippen MR) is 120 cm³/mol. The third kappa shape index (κ3) is 7.09. The Morgan fingerprint density at radius 1 is 1.34 bits per heavy atom. The number of rotatable bonds is 9. The van der Waals surface area contributed by atoms with Crippen LogP contribution in [0.25, 0.3) is 0 Å². The standard InChI is InChI=1S/C21H27FN3O9P/c1-12(2)33-21(29)24-35(30,31-10-14-7-5-4-6-13(14)3)32-11-17-16(26)8-18(34-17)25-9-15(22)19(27)23-20(25)28/h4-7,9,12,16-18,26H,8,10-11H2,1-3H3,(H,23,27,28)(H,24,29,30). The highest BCUT2D eigenvalue weighted by Gasteiger charge is 2.39. The van der Waals surface area contributed by atoms with Gasteiger partial charge in [-0.3, -0.25) is 23.4 Å². The van der Waals surface area contributed by atoms with E-state index in [4.69, 9.17) is 18.5 Å². The highest BCUT2D eigenvalue weighted by Crippen LogP contribution is 2.46. The number of H-pyrrole nitrogens is 1. The van der Waals surface area contributed by atoms with E-state index >= 15 is 0 Å². The largest absolute Gasteiger partial charge is 0.447 e. The summed E-state index contributed by atoms with van der Waals surface area (Å²) in [6.45, 7) is 4.36. The van der Waals surface area contributed by atoms with E-state index in [2.05, 4.69) is 5.09 Å². The van der Waals surface area contributed by atoms with Gasteiger partial charge in [-0.05, 0) is 31.9 Å². The van der Waals surface area contributed by atoms with Gasteiger partial charge in [0.2, 0.25) is 5.82 Å². The van der Waals surface area contributed by atoms with Crippen molar-refractivity contribution in [2.45, 2.75) is 58.3 Å². The summed E-state index contributed by atoms with van der Waals surface area (Å²) in [4.78, 5) is 37.1. The van der Waals surface area contributed by atoms with Crippen LogP contribution in [0.1, 0.15) is 37.6 Å². The molecule has 1 fully saturated rings. The molecule has 2 heterocycles. The normalized spacial score (nSPS) is 21.6. The molecule has 3 N–H and O–H groups in total. The molecule has 14 heteroatoms. The zero-order valence-corrected chi connectivity index (χ0v) is 20.2. The van der Waals surface area contributed by atoms with Crippen LogP contribution in [0.15, 0.2) is 40.1 Å². The Morgan fingerprint density at radius 2 is 2.06 bits per heavy atom. The van der Waals surface area contributed by atoms with Crippen LogP contribution >= 0.6 is 7.75 Å². The highest BCUT2D eigenvalue weighted by atomic mass is 31.2. The van der Waals surface area contributed by atoms with Crippen LogP contribution < -0.4 is 16.3 Å². The number of halogens is 1. The number of aromatic amines is 1. The fourth-order valence-electron chi connectivity index (χ4n) is 3.26. The van der Waals surface area contributed by atoms with Gasteiger partial charge in [-0.25, -0.2) is 19.2 Å². The Bertz CT molecular complexity index is 1220. The first-order chi connectivity index (χ1) is 16.5. The van der Waals surface area contributed by atoms with Gasteiger partial charge in [-0.1, -0.05) is 24.3 Å². The van der Waals surface area contributed by atoms with Crippen LogP contribution in [0.3, 0.4) is 0 Å². The van der Waals surface area contributed by atoms with Gasteiger partial charge in [0.05, 0.1) is 31.6 Å². The summed E-state index contributed by atoms with van der Waals surface area (Å²) in [6, 6.07) is 7.17. The smallest absolute Gasteiger partial charge is 0.438 e. The summed E-state index contributed by atoms with van der Waals surface area (Å²) in [5.74, 6) is -1.20. The molecule has 4 atom stereocenters. The summed E-state index contributed by atoms with van der Waals surface area (Å²) in [7, 11) is -4.30. The minimum Gasteiger partial charge on any atom is -0.447 e. The minimum atomic E-state index is -4.30. The molecule has 1 aromatic heterocycles. The van der Waals surface area contributed by atoms with E-state index in [1.54, 1.807) is 31.0 Å². The molecule has 1 aliphatic heterocycles. The van der Waals surface area contributed by atoms with Crippen LogP contribution in [-0.2, 0) is 29.7 Å². The van der Waals surface area contributed by atoms with Gasteiger partial charge in [-0.15, -0.1) is 0 Å². The molecular formula is C21H27FN3O9P. The van der Waals surface area contributed by atoms with Gasteiger partial charge in [0.1, 0.15) is 12.3 Å². The zero-order valence-electron chi connectivity index (χ0n) is 19.3. The molecule has 0 saturated carbocycles. The van der Waals surface area contributed by atoms with E-state index in [9.17, 15) is 28.4 Å². The molecule has 1 aliphatic rings. The number of benzene rings is 1. The molecule has 2 aromatic rings. The van der Waals surface area contributed by atoms with Gasteiger partial charge in [0.25, 0.3) is 5.56 Å². The van der Waals surface area contributed by atoms with E-state index in [-0.39, 0.29) is 13.0 Å². The number of carbonyl (C=O) groups is 1. The number of ether oxygens (including phenoxy) is 2. The second kappa shape index (κ2) is 11.3. The molecule has 0 radical (unpaired) electrons. The Hall–Kier alpha value is -2.83. The number of aryl methyl sites for hydroxylation is 1. The average molecular weight is 515 g/mol. The fourth-order valence-corrected chi connectivity index (χ4v) is 4.39. The maximum Gasteiger partial charge on any atom is 0.438 e. The van der Waals surface area contributed by atoms with Crippen LogP contribution in [0.2, 0.25) is 0 Å². The number of aromatic nitrogens is 2. The van der Waals surface area contributed by atoms with Crippen LogP contribution in [0, 0.1) is 12.7 Å². The van der Waals surface area contributed by atoms with Crippen molar-refractivity contribution in [1.29, 1.82) is 0 Å². The summed E-state index contributed by atoms with van der Waals surface area (Å²) in [5.41, 5.74) is -0.553. The Balaban J connectivity index is 1.71. The monoisotopic (exact) mass is 515 g/mol. The molecule has 0 bridgehead atoms. The lowest BCUT2D eigenvalue weighted by molar-refractivity contribution is -0.0442. The van der Waals surface area contributed by atoms with Crippen molar-refractivity contribution in [3.63, 3.8) is 0 Å². The van der Waals surface area contributed by atoms with E-state index < -0.39 is 62.1 Å². The summed E-state index contributed by atoms with van der Waals surface area (Å²) in [6.07, 6.45) is -4.44. The zero-order chi connectivity index (χ0) is 25.8. The molecule has 192 valence electrons. The third-order valence-electron chi connectivity index (χ3n) is 5.07. The number of nitrogens with zero attached hydrogens (tertiary/aromatic N) is 1.